The van der Waals surface area contributed by atoms with Crippen LogP contribution in [0.5, 0.6) is 0 Å². The molecule has 2 N–H and O–H groups in total. The highest BCUT2D eigenvalue weighted by atomic mass is 35.5. The van der Waals surface area contributed by atoms with E-state index in [9.17, 15) is 13.2 Å². The van der Waals surface area contributed by atoms with E-state index in [0.29, 0.717) is 30.8 Å². The summed E-state index contributed by atoms with van der Waals surface area (Å²) in [6, 6.07) is 33.0. The van der Waals surface area contributed by atoms with Gasteiger partial charge in [0.15, 0.2) is 9.84 Å². The fraction of sp³-hybridized carbons (Fsp3) is 0.229. The highest BCUT2D eigenvalue weighted by Gasteiger charge is 2.26. The van der Waals surface area contributed by atoms with Crippen LogP contribution in [-0.2, 0) is 38.6 Å². The molecule has 0 amide bonds. The normalized spacial score (nSPS) is 11.7. The van der Waals surface area contributed by atoms with Crippen molar-refractivity contribution in [3.8, 4) is 0 Å². The molecule has 6 nitrogen and oxygen atoms in total. The van der Waals surface area contributed by atoms with Gasteiger partial charge in [0.2, 0.25) is 0 Å². The lowest BCUT2D eigenvalue weighted by Crippen LogP contribution is -2.18. The fourth-order valence-corrected chi connectivity index (χ4v) is 7.15. The molecule has 0 aliphatic carbocycles. The number of halogens is 1. The minimum atomic E-state index is -3.60. The van der Waals surface area contributed by atoms with Gasteiger partial charge in [-0.25, -0.2) is 8.42 Å². The van der Waals surface area contributed by atoms with Crippen molar-refractivity contribution in [1.29, 1.82) is 0 Å². The Morgan fingerprint density at radius 3 is 2.07 bits per heavy atom. The van der Waals surface area contributed by atoms with Gasteiger partial charge in [-0.2, -0.15) is 0 Å². The van der Waals surface area contributed by atoms with Crippen LogP contribution in [0.2, 0.25) is 5.02 Å². The third kappa shape index (κ3) is 6.85. The monoisotopic (exact) mass is 614 g/mol. The number of nitrogens with zero attached hydrogens (tertiary/aromatic N) is 1. The molecule has 222 valence electrons. The molecule has 1 aromatic heterocycles. The van der Waals surface area contributed by atoms with E-state index in [4.69, 9.17) is 22.1 Å². The van der Waals surface area contributed by atoms with E-state index >= 15 is 0 Å². The molecule has 0 atom stereocenters. The molecule has 5 aromatic rings. The highest BCUT2D eigenvalue weighted by molar-refractivity contribution is 7.91. The first-order valence-electron chi connectivity index (χ1n) is 14.3. The molecule has 0 aliphatic rings. The Hall–Kier alpha value is -3.91. The van der Waals surface area contributed by atoms with Crippen molar-refractivity contribution >= 4 is 38.3 Å². The smallest absolute Gasteiger partial charge is 0.305 e. The molecule has 0 saturated heterocycles. The van der Waals surface area contributed by atoms with E-state index in [-0.39, 0.29) is 29.1 Å². The molecular weight excluding hydrogens is 580 g/mol. The SMILES string of the molecule is COC(=O)CCc1ccc(S(=O)(=O)CCc2c(CCN)n(C(c3ccccc3)c3ccccc3)c3ccc(Cl)cc23)cc1. The molecule has 0 unspecified atom stereocenters. The minimum absolute atomic E-state index is 0.0704. The first-order chi connectivity index (χ1) is 20.8. The summed E-state index contributed by atoms with van der Waals surface area (Å²) in [6.07, 6.45) is 1.61. The third-order valence-electron chi connectivity index (χ3n) is 7.80. The van der Waals surface area contributed by atoms with Gasteiger partial charge in [0, 0.05) is 34.5 Å². The average molecular weight is 615 g/mol. The largest absolute Gasteiger partial charge is 0.469 e. The number of aryl methyl sites for hydroxylation is 2. The second-order valence-corrected chi connectivity index (χ2v) is 13.1. The second-order valence-electron chi connectivity index (χ2n) is 10.5. The lowest BCUT2D eigenvalue weighted by Gasteiger charge is -2.25. The standard InChI is InChI=1S/C35H35ClN2O4S/c1-42-34(39)19-14-25-12-16-29(17-13-25)43(40,41)23-21-30-31-24-28(36)15-18-32(31)38(33(30)20-22-37)35(26-8-4-2-5-9-26)27-10-6-3-7-11-27/h2-13,15-18,24,35H,14,19-23,37H2,1H3. The summed E-state index contributed by atoms with van der Waals surface area (Å²) in [5, 5.41) is 1.52. The van der Waals surface area contributed by atoms with Crippen LogP contribution in [0.15, 0.2) is 108 Å². The van der Waals surface area contributed by atoms with E-state index in [2.05, 4.69) is 28.8 Å². The van der Waals surface area contributed by atoms with Crippen molar-refractivity contribution in [3.63, 3.8) is 0 Å². The average Bonchev–Trinajstić information content (AvgIpc) is 3.32. The second kappa shape index (κ2) is 13.6. The summed E-state index contributed by atoms with van der Waals surface area (Å²) in [6.45, 7) is 0.410. The van der Waals surface area contributed by atoms with Crippen LogP contribution >= 0.6 is 11.6 Å². The Morgan fingerprint density at radius 2 is 1.49 bits per heavy atom. The zero-order chi connectivity index (χ0) is 30.4. The molecule has 0 saturated carbocycles. The zero-order valence-electron chi connectivity index (χ0n) is 24.1. The molecule has 0 aliphatic heterocycles. The Kier molecular flexibility index (Phi) is 9.65. The summed E-state index contributed by atoms with van der Waals surface area (Å²) >= 11 is 6.52. The summed E-state index contributed by atoms with van der Waals surface area (Å²) < 4.78 is 34.1. The maximum Gasteiger partial charge on any atom is 0.305 e. The lowest BCUT2D eigenvalue weighted by molar-refractivity contribution is -0.140. The minimum Gasteiger partial charge on any atom is -0.469 e. The van der Waals surface area contributed by atoms with Gasteiger partial charge in [0.05, 0.1) is 23.8 Å². The van der Waals surface area contributed by atoms with E-state index in [1.807, 2.05) is 54.6 Å². The Morgan fingerprint density at radius 1 is 0.860 bits per heavy atom. The third-order valence-corrected chi connectivity index (χ3v) is 9.77. The number of sulfone groups is 1. The van der Waals surface area contributed by atoms with E-state index in [0.717, 1.165) is 38.9 Å². The van der Waals surface area contributed by atoms with Gasteiger partial charge in [-0.05, 0) is 72.0 Å². The molecule has 4 aromatic carbocycles. The number of benzene rings is 4. The number of hydrogen-bond acceptors (Lipinski definition) is 5. The van der Waals surface area contributed by atoms with Crippen molar-refractivity contribution in [1.82, 2.24) is 4.57 Å². The van der Waals surface area contributed by atoms with Gasteiger partial charge < -0.3 is 15.0 Å². The maximum absolute atomic E-state index is 13.6. The molecule has 0 spiro atoms. The summed E-state index contributed by atoms with van der Waals surface area (Å²) in [4.78, 5) is 11.7. The van der Waals surface area contributed by atoms with Crippen molar-refractivity contribution in [3.05, 3.63) is 136 Å². The molecule has 0 bridgehead atoms. The summed E-state index contributed by atoms with van der Waals surface area (Å²) in [5.41, 5.74) is 12.2. The number of methoxy groups -OCH3 is 1. The van der Waals surface area contributed by atoms with Crippen LogP contribution in [0.3, 0.4) is 0 Å². The van der Waals surface area contributed by atoms with Crippen LogP contribution in [0, 0.1) is 0 Å². The molecule has 0 radical (unpaired) electrons. The molecule has 0 fully saturated rings. The maximum atomic E-state index is 13.6. The first-order valence-corrected chi connectivity index (χ1v) is 16.3. The Bertz CT molecular complexity index is 1760. The lowest BCUT2D eigenvalue weighted by atomic mass is 9.97. The number of carbonyl (C=O) groups is 1. The van der Waals surface area contributed by atoms with Gasteiger partial charge >= 0.3 is 5.97 Å². The van der Waals surface area contributed by atoms with E-state index in [1.165, 1.54) is 7.11 Å². The number of fused-ring (bicyclic) bond motifs is 1. The number of carbonyl (C=O) groups excluding carboxylic acids is 1. The molecule has 5 rings (SSSR count). The van der Waals surface area contributed by atoms with Gasteiger partial charge in [-0.15, -0.1) is 0 Å². The van der Waals surface area contributed by atoms with Crippen LogP contribution in [-0.4, -0.2) is 38.4 Å². The number of esters is 1. The predicted octanol–water partition coefficient (Wildman–Crippen LogP) is 6.56. The van der Waals surface area contributed by atoms with Gasteiger partial charge in [-0.3, -0.25) is 4.79 Å². The number of aromatic nitrogens is 1. The van der Waals surface area contributed by atoms with Crippen molar-refractivity contribution in [2.45, 2.75) is 36.6 Å². The summed E-state index contributed by atoms with van der Waals surface area (Å²) in [7, 11) is -2.25. The van der Waals surface area contributed by atoms with Crippen LogP contribution in [0.25, 0.3) is 10.9 Å². The number of rotatable bonds is 12. The van der Waals surface area contributed by atoms with Gasteiger partial charge in [0.25, 0.3) is 0 Å². The number of hydrogen-bond donors (Lipinski definition) is 1. The molecule has 1 heterocycles. The van der Waals surface area contributed by atoms with Crippen LogP contribution < -0.4 is 5.73 Å². The molecule has 43 heavy (non-hydrogen) atoms. The predicted molar refractivity (Wildman–Crippen MR) is 172 cm³/mol. The van der Waals surface area contributed by atoms with Gasteiger partial charge in [-0.1, -0.05) is 84.4 Å². The topological polar surface area (TPSA) is 91.4 Å². The van der Waals surface area contributed by atoms with Crippen molar-refractivity contribution in [2.75, 3.05) is 19.4 Å². The Balaban J connectivity index is 1.55. The van der Waals surface area contributed by atoms with E-state index in [1.54, 1.807) is 24.3 Å². The van der Waals surface area contributed by atoms with Gasteiger partial charge in [0.1, 0.15) is 0 Å². The first kappa shape index (κ1) is 30.5. The van der Waals surface area contributed by atoms with Crippen molar-refractivity contribution in [2.24, 2.45) is 5.73 Å². The molecule has 8 heteroatoms. The number of nitrogens with two attached hydrogens (primary N) is 1. The quantitative estimate of drug-likeness (QED) is 0.161. The van der Waals surface area contributed by atoms with Crippen LogP contribution in [0.1, 0.15) is 40.4 Å². The number of ether oxygens (including phenoxy) is 1. The zero-order valence-corrected chi connectivity index (χ0v) is 25.7. The highest BCUT2D eigenvalue weighted by Crippen LogP contribution is 2.38. The Labute approximate surface area is 258 Å². The van der Waals surface area contributed by atoms with Crippen LogP contribution in [0.4, 0.5) is 0 Å². The van der Waals surface area contributed by atoms with E-state index < -0.39 is 9.84 Å². The fourth-order valence-electron chi connectivity index (χ4n) is 5.72. The van der Waals surface area contributed by atoms with Crippen molar-refractivity contribution < 1.29 is 17.9 Å². The molecular formula is C35H35ClN2O4S. The summed E-state index contributed by atoms with van der Waals surface area (Å²) in [5.74, 6) is -0.370.